The maximum atomic E-state index is 11.8. The van der Waals surface area contributed by atoms with Gasteiger partial charge in [0.25, 0.3) is 0 Å². The summed E-state index contributed by atoms with van der Waals surface area (Å²) in [5.41, 5.74) is 12.2. The highest BCUT2D eigenvalue weighted by molar-refractivity contribution is 7.91. The summed E-state index contributed by atoms with van der Waals surface area (Å²) < 4.78 is 25.5. The Morgan fingerprint density at radius 2 is 2.10 bits per heavy atom. The van der Waals surface area contributed by atoms with Crippen LogP contribution in [0.3, 0.4) is 0 Å². The summed E-state index contributed by atoms with van der Waals surface area (Å²) in [4.78, 5) is 10.5. The fourth-order valence-corrected chi connectivity index (χ4v) is 5.99. The minimum Gasteiger partial charge on any atom is -0.381 e. The molecule has 4 heterocycles. The lowest BCUT2D eigenvalue weighted by Crippen LogP contribution is -2.51. The number of rotatable bonds is 4. The van der Waals surface area contributed by atoms with Gasteiger partial charge < -0.3 is 11.1 Å². The van der Waals surface area contributed by atoms with Gasteiger partial charge >= 0.3 is 0 Å². The van der Waals surface area contributed by atoms with Crippen molar-refractivity contribution in [2.24, 2.45) is 5.73 Å². The molecule has 4 N–H and O–H groups in total. The number of anilines is 1. The Bertz CT molecular complexity index is 1070. The lowest BCUT2D eigenvalue weighted by atomic mass is 9.76. The first kappa shape index (κ1) is 18.8. The SMILES string of the molecule is CCn1ncc2c(NC3CCS(=O)(=O)CC3)c(C3=CC4(CC(N)C4)ON3)cnc21. The molecule has 9 nitrogen and oxygen atoms in total. The molecule has 0 aromatic carbocycles. The first-order valence-electron chi connectivity index (χ1n) is 10.1. The summed E-state index contributed by atoms with van der Waals surface area (Å²) in [6, 6.07) is 0.249. The van der Waals surface area contributed by atoms with Crippen molar-refractivity contribution >= 4 is 32.3 Å². The van der Waals surface area contributed by atoms with Gasteiger partial charge in [0.05, 0.1) is 34.5 Å². The second kappa shape index (κ2) is 6.68. The average Bonchev–Trinajstić information content (AvgIpc) is 3.28. The van der Waals surface area contributed by atoms with E-state index in [1.54, 1.807) is 0 Å². The van der Waals surface area contributed by atoms with Crippen LogP contribution in [0, 0.1) is 0 Å². The number of aromatic nitrogens is 3. The van der Waals surface area contributed by atoms with Crippen LogP contribution in [-0.2, 0) is 21.2 Å². The predicted octanol–water partition coefficient (Wildman–Crippen LogP) is 1.18. The minimum atomic E-state index is -2.92. The average molecular weight is 419 g/mol. The molecule has 1 aliphatic carbocycles. The number of nitrogens with zero attached hydrogens (tertiary/aromatic N) is 3. The zero-order valence-electron chi connectivity index (χ0n) is 16.4. The molecule has 0 bridgehead atoms. The number of nitrogens with two attached hydrogens (primary N) is 1. The van der Waals surface area contributed by atoms with Crippen molar-refractivity contribution in [1.29, 1.82) is 0 Å². The van der Waals surface area contributed by atoms with Crippen LogP contribution in [0.2, 0.25) is 0 Å². The Kier molecular flexibility index (Phi) is 4.34. The smallest absolute Gasteiger partial charge is 0.159 e. The van der Waals surface area contributed by atoms with Gasteiger partial charge in [-0.3, -0.25) is 10.3 Å². The maximum Gasteiger partial charge on any atom is 0.159 e. The number of fused-ring (bicyclic) bond motifs is 1. The highest BCUT2D eigenvalue weighted by Crippen LogP contribution is 2.43. The van der Waals surface area contributed by atoms with Gasteiger partial charge in [0.2, 0.25) is 0 Å². The van der Waals surface area contributed by atoms with Crippen LogP contribution in [0.5, 0.6) is 0 Å². The van der Waals surface area contributed by atoms with E-state index in [9.17, 15) is 8.42 Å². The molecule has 156 valence electrons. The van der Waals surface area contributed by atoms with E-state index in [1.807, 2.05) is 24.0 Å². The van der Waals surface area contributed by atoms with Gasteiger partial charge in [-0.05, 0) is 38.7 Å². The largest absolute Gasteiger partial charge is 0.381 e. The van der Waals surface area contributed by atoms with Crippen LogP contribution in [0.15, 0.2) is 18.5 Å². The molecule has 2 fully saturated rings. The quantitative estimate of drug-likeness (QED) is 0.676. The van der Waals surface area contributed by atoms with E-state index in [2.05, 4.69) is 27.0 Å². The fraction of sp³-hybridized carbons (Fsp3) is 0.579. The summed E-state index contributed by atoms with van der Waals surface area (Å²) in [5.74, 6) is 0.432. The van der Waals surface area contributed by atoms with Crippen LogP contribution in [-0.4, -0.2) is 52.4 Å². The molecule has 0 amide bonds. The van der Waals surface area contributed by atoms with Gasteiger partial charge in [-0.2, -0.15) is 5.10 Å². The number of hydroxylamine groups is 1. The van der Waals surface area contributed by atoms with Gasteiger partial charge in [-0.15, -0.1) is 0 Å². The molecular weight excluding hydrogens is 392 g/mol. The van der Waals surface area contributed by atoms with E-state index in [0.717, 1.165) is 47.4 Å². The number of pyridine rings is 1. The number of nitrogens with one attached hydrogen (secondary N) is 2. The maximum absolute atomic E-state index is 11.8. The van der Waals surface area contributed by atoms with Crippen molar-refractivity contribution in [2.45, 2.75) is 56.8 Å². The minimum absolute atomic E-state index is 0.0851. The number of hydrogen-bond acceptors (Lipinski definition) is 8. The Morgan fingerprint density at radius 1 is 1.34 bits per heavy atom. The zero-order valence-corrected chi connectivity index (χ0v) is 17.2. The summed E-state index contributed by atoms with van der Waals surface area (Å²) in [6.45, 7) is 2.75. The van der Waals surface area contributed by atoms with Crippen LogP contribution >= 0.6 is 0 Å². The monoisotopic (exact) mass is 418 g/mol. The van der Waals surface area contributed by atoms with Gasteiger partial charge in [-0.1, -0.05) is 0 Å². The topological polar surface area (TPSA) is 124 Å². The Balaban J connectivity index is 1.53. The van der Waals surface area contributed by atoms with E-state index in [1.165, 1.54) is 0 Å². The highest BCUT2D eigenvalue weighted by Gasteiger charge is 2.46. The molecule has 10 heteroatoms. The lowest BCUT2D eigenvalue weighted by Gasteiger charge is -2.39. The first-order valence-corrected chi connectivity index (χ1v) is 11.9. The predicted molar refractivity (Wildman–Crippen MR) is 111 cm³/mol. The molecule has 1 spiro atoms. The van der Waals surface area contributed by atoms with Crippen molar-refractivity contribution in [1.82, 2.24) is 20.2 Å². The van der Waals surface area contributed by atoms with E-state index in [-0.39, 0.29) is 29.2 Å². The van der Waals surface area contributed by atoms with Crippen LogP contribution < -0.4 is 16.5 Å². The highest BCUT2D eigenvalue weighted by atomic mass is 32.2. The van der Waals surface area contributed by atoms with Crippen molar-refractivity contribution < 1.29 is 13.3 Å². The zero-order chi connectivity index (χ0) is 20.2. The molecule has 5 rings (SSSR count). The molecule has 2 aromatic rings. The van der Waals surface area contributed by atoms with Crippen molar-refractivity contribution in [3.63, 3.8) is 0 Å². The molecule has 0 atom stereocenters. The van der Waals surface area contributed by atoms with Crippen LogP contribution in [0.4, 0.5) is 5.69 Å². The second-order valence-corrected chi connectivity index (χ2v) is 10.6. The second-order valence-electron chi connectivity index (χ2n) is 8.31. The number of aryl methyl sites for hydroxylation is 1. The van der Waals surface area contributed by atoms with E-state index < -0.39 is 9.84 Å². The lowest BCUT2D eigenvalue weighted by molar-refractivity contribution is -0.0908. The molecule has 0 unspecified atom stereocenters. The Morgan fingerprint density at radius 3 is 2.79 bits per heavy atom. The molecule has 1 saturated heterocycles. The third kappa shape index (κ3) is 3.28. The Labute approximate surface area is 169 Å². The standard InChI is InChI=1S/C19H26N6O3S/c1-2-25-18-15(11-22-25)17(23-13-3-5-29(26,27)6-4-13)14(10-21-18)16-9-19(28-24-16)7-12(20)8-19/h9-13,24H,2-8,20H2,1H3,(H,21,23). The molecule has 2 aliphatic heterocycles. The summed E-state index contributed by atoms with van der Waals surface area (Å²) in [5, 5.41) is 8.98. The molecule has 29 heavy (non-hydrogen) atoms. The van der Waals surface area contributed by atoms with Gasteiger partial charge in [0.1, 0.15) is 15.4 Å². The molecule has 1 saturated carbocycles. The summed E-state index contributed by atoms with van der Waals surface area (Å²) in [7, 11) is -2.92. The van der Waals surface area contributed by atoms with Crippen molar-refractivity contribution in [3.05, 3.63) is 24.0 Å². The third-order valence-electron chi connectivity index (χ3n) is 6.15. The summed E-state index contributed by atoms with van der Waals surface area (Å²) in [6.07, 6.45) is 8.51. The number of sulfone groups is 1. The molecular formula is C19H26N6O3S. The molecule has 3 aliphatic rings. The van der Waals surface area contributed by atoms with Gasteiger partial charge in [0.15, 0.2) is 5.65 Å². The van der Waals surface area contributed by atoms with E-state index in [4.69, 9.17) is 10.6 Å². The van der Waals surface area contributed by atoms with E-state index >= 15 is 0 Å². The molecule has 0 radical (unpaired) electrons. The van der Waals surface area contributed by atoms with Gasteiger partial charge in [0, 0.05) is 30.4 Å². The van der Waals surface area contributed by atoms with Crippen LogP contribution in [0.1, 0.15) is 38.2 Å². The normalized spacial score (nSPS) is 23.7. The van der Waals surface area contributed by atoms with Crippen LogP contribution in [0.25, 0.3) is 16.7 Å². The first-order chi connectivity index (χ1) is 13.9. The fourth-order valence-electron chi connectivity index (χ4n) is 4.50. The van der Waals surface area contributed by atoms with E-state index in [0.29, 0.717) is 12.8 Å². The van der Waals surface area contributed by atoms with Gasteiger partial charge in [-0.25, -0.2) is 18.1 Å². The Hall–Kier alpha value is -2.17. The van der Waals surface area contributed by atoms with Crippen molar-refractivity contribution in [2.75, 3.05) is 16.8 Å². The molecule has 2 aromatic heterocycles. The summed E-state index contributed by atoms with van der Waals surface area (Å²) >= 11 is 0. The third-order valence-corrected chi connectivity index (χ3v) is 7.86. The van der Waals surface area contributed by atoms with Crippen molar-refractivity contribution in [3.8, 4) is 0 Å². The number of hydrogen-bond donors (Lipinski definition) is 3.